The summed E-state index contributed by atoms with van der Waals surface area (Å²) in [7, 11) is -9.90. The van der Waals surface area contributed by atoms with E-state index in [-0.39, 0.29) is 25.7 Å². The Hall–Kier alpha value is -1.94. The van der Waals surface area contributed by atoms with Crippen LogP contribution in [0.25, 0.3) is 0 Å². The van der Waals surface area contributed by atoms with Gasteiger partial charge >= 0.3 is 39.5 Å². The summed E-state index contributed by atoms with van der Waals surface area (Å²) >= 11 is 0. The number of hydrogen-bond acceptors (Lipinski definition) is 15. The van der Waals surface area contributed by atoms with Gasteiger partial charge in [-0.15, -0.1) is 0 Å². The van der Waals surface area contributed by atoms with Gasteiger partial charge in [0.1, 0.15) is 19.3 Å². The van der Waals surface area contributed by atoms with Gasteiger partial charge < -0.3 is 33.8 Å². The third-order valence-electron chi connectivity index (χ3n) is 16.5. The molecule has 19 heteroatoms. The maximum atomic E-state index is 13.0. The third kappa shape index (κ3) is 64.8. The van der Waals surface area contributed by atoms with Crippen LogP contribution in [-0.2, 0) is 65.4 Å². The molecule has 0 aliphatic heterocycles. The number of aliphatic hydroxyl groups excluding tert-OH is 1. The zero-order valence-electron chi connectivity index (χ0n) is 58.4. The largest absolute Gasteiger partial charge is 0.472 e. The van der Waals surface area contributed by atoms with Crippen molar-refractivity contribution in [2.75, 3.05) is 39.6 Å². The van der Waals surface area contributed by atoms with Crippen LogP contribution in [0, 0.1) is 11.8 Å². The highest BCUT2D eigenvalue weighted by Gasteiger charge is 2.30. The summed E-state index contributed by atoms with van der Waals surface area (Å²) in [6, 6.07) is 0. The highest BCUT2D eigenvalue weighted by Crippen LogP contribution is 2.45. The smallest absolute Gasteiger partial charge is 0.462 e. The van der Waals surface area contributed by atoms with Gasteiger partial charge in [0.05, 0.1) is 26.4 Å². The van der Waals surface area contributed by atoms with E-state index in [1.807, 2.05) is 0 Å². The molecule has 0 spiro atoms. The van der Waals surface area contributed by atoms with Gasteiger partial charge in [-0.1, -0.05) is 311 Å². The Bertz CT molecular complexity index is 1750. The Morgan fingerprint density at radius 2 is 0.511 bits per heavy atom. The van der Waals surface area contributed by atoms with E-state index in [0.717, 1.165) is 102 Å². The second-order valence-electron chi connectivity index (χ2n) is 26.6. The fourth-order valence-corrected chi connectivity index (χ4v) is 12.3. The maximum Gasteiger partial charge on any atom is 0.472 e. The van der Waals surface area contributed by atoms with E-state index >= 15 is 0 Å². The molecule has 2 unspecified atom stereocenters. The molecule has 0 amide bonds. The van der Waals surface area contributed by atoms with Gasteiger partial charge in [0, 0.05) is 25.7 Å². The summed E-state index contributed by atoms with van der Waals surface area (Å²) in [5.41, 5.74) is 0. The first kappa shape index (κ1) is 88.1. The Kier molecular flexibility index (Phi) is 61.8. The number of aliphatic hydroxyl groups is 1. The van der Waals surface area contributed by atoms with Crippen molar-refractivity contribution >= 4 is 39.5 Å². The van der Waals surface area contributed by atoms with Crippen LogP contribution in [0.3, 0.4) is 0 Å². The van der Waals surface area contributed by atoms with Crippen LogP contribution >= 0.6 is 15.6 Å². The molecule has 17 nitrogen and oxygen atoms in total. The van der Waals surface area contributed by atoms with E-state index < -0.39 is 97.5 Å². The normalized spacial score (nSPS) is 14.1. The molecule has 0 saturated carbocycles. The second kappa shape index (κ2) is 63.1. The summed E-state index contributed by atoms with van der Waals surface area (Å²) in [6.45, 7) is 9.47. The number of rotatable bonds is 70. The van der Waals surface area contributed by atoms with E-state index in [1.165, 1.54) is 173 Å². The molecule has 0 aliphatic rings. The molecule has 0 bridgehead atoms. The van der Waals surface area contributed by atoms with E-state index in [1.54, 1.807) is 0 Å². The molecule has 0 aromatic rings. The molecule has 0 aliphatic carbocycles. The van der Waals surface area contributed by atoms with Crippen LogP contribution in [0.1, 0.15) is 363 Å². The number of phosphoric ester groups is 2. The van der Waals surface area contributed by atoms with Crippen LogP contribution in [-0.4, -0.2) is 96.7 Å². The zero-order valence-corrected chi connectivity index (χ0v) is 60.2. The quantitative estimate of drug-likeness (QED) is 0.0222. The lowest BCUT2D eigenvalue weighted by molar-refractivity contribution is -0.161. The molecule has 0 saturated heterocycles. The second-order valence-corrected chi connectivity index (χ2v) is 29.5. The molecule has 0 rings (SSSR count). The van der Waals surface area contributed by atoms with Crippen molar-refractivity contribution in [3.05, 3.63) is 0 Å². The Labute approximate surface area is 549 Å². The molecular weight excluding hydrogens is 1190 g/mol. The number of hydrogen-bond donors (Lipinski definition) is 3. The van der Waals surface area contributed by atoms with Crippen LogP contribution in [0.15, 0.2) is 0 Å². The number of esters is 4. The molecule has 534 valence electrons. The maximum absolute atomic E-state index is 13.0. The van der Waals surface area contributed by atoms with Crippen molar-refractivity contribution in [3.8, 4) is 0 Å². The molecule has 0 heterocycles. The zero-order chi connectivity index (χ0) is 66.5. The van der Waals surface area contributed by atoms with E-state index in [4.69, 9.17) is 37.0 Å². The highest BCUT2D eigenvalue weighted by atomic mass is 31.2. The van der Waals surface area contributed by atoms with Gasteiger partial charge in [0.2, 0.25) is 0 Å². The summed E-state index contributed by atoms with van der Waals surface area (Å²) < 4.78 is 68.3. The molecule has 5 atom stereocenters. The first-order valence-corrected chi connectivity index (χ1v) is 40.0. The summed E-state index contributed by atoms with van der Waals surface area (Å²) in [5.74, 6) is -0.685. The fraction of sp³-hybridized carbons (Fsp3) is 0.944. The van der Waals surface area contributed by atoms with Crippen LogP contribution < -0.4 is 0 Å². The van der Waals surface area contributed by atoms with Crippen molar-refractivity contribution in [2.24, 2.45) is 11.8 Å². The van der Waals surface area contributed by atoms with Crippen LogP contribution in [0.4, 0.5) is 0 Å². The van der Waals surface area contributed by atoms with Gasteiger partial charge in [0.15, 0.2) is 12.2 Å². The van der Waals surface area contributed by atoms with Gasteiger partial charge in [-0.25, -0.2) is 9.13 Å². The van der Waals surface area contributed by atoms with Gasteiger partial charge in [-0.2, -0.15) is 0 Å². The van der Waals surface area contributed by atoms with Crippen molar-refractivity contribution < 1.29 is 80.2 Å². The molecule has 3 N–H and O–H groups in total. The first-order chi connectivity index (χ1) is 43.4. The predicted octanol–water partition coefficient (Wildman–Crippen LogP) is 20.4. The number of carbonyl (C=O) groups excluding carboxylic acids is 4. The molecule has 0 radical (unpaired) electrons. The highest BCUT2D eigenvalue weighted by molar-refractivity contribution is 7.47. The summed E-state index contributed by atoms with van der Waals surface area (Å²) in [5, 5.41) is 10.6. The molecule has 90 heavy (non-hydrogen) atoms. The van der Waals surface area contributed by atoms with Gasteiger partial charge in [-0.05, 0) is 37.5 Å². The third-order valence-corrected chi connectivity index (χ3v) is 18.4. The molecule has 0 aromatic heterocycles. The predicted molar refractivity (Wildman–Crippen MR) is 363 cm³/mol. The fourth-order valence-electron chi connectivity index (χ4n) is 10.8. The minimum atomic E-state index is -4.95. The van der Waals surface area contributed by atoms with Crippen LogP contribution in [0.5, 0.6) is 0 Å². The number of carbonyl (C=O) groups is 4. The Morgan fingerprint density at radius 1 is 0.300 bits per heavy atom. The molecular formula is C71H138O17P2. The lowest BCUT2D eigenvalue weighted by Crippen LogP contribution is -2.30. The number of ether oxygens (including phenoxy) is 4. The lowest BCUT2D eigenvalue weighted by atomic mass is 10.0. The monoisotopic (exact) mass is 1320 g/mol. The average molecular weight is 1330 g/mol. The standard InChI is InChI=1S/C71H138O17P2/c1-7-9-11-13-15-17-19-20-21-22-23-24-26-32-36-44-50-56-71(76)87-66(59-81-68(73)53-47-41-34-30-28-27-29-33-39-45-51-63(3)4)61-85-89(77,78)83-57-65(72)58-84-90(79,80)86-62-67(60-82-69(74)54-48-42-38-37-40-46-52-64(5)6)88-70(75)55-49-43-35-31-25-18-16-14-12-10-8-2/h63-67,72H,7-62H2,1-6H3,(H,77,78)(H,79,80)/t65-,66-,67-/m1/s1. The van der Waals surface area contributed by atoms with Gasteiger partial charge in [-0.3, -0.25) is 37.3 Å². The minimum Gasteiger partial charge on any atom is -0.462 e. The Balaban J connectivity index is 5.23. The topological polar surface area (TPSA) is 237 Å². The first-order valence-electron chi connectivity index (χ1n) is 37.0. The van der Waals surface area contributed by atoms with Crippen LogP contribution in [0.2, 0.25) is 0 Å². The SMILES string of the molecule is CCCCCCCCCCCCCCCCCCCC(=O)O[C@H](COC(=O)CCCCCCCCCCCCC(C)C)COP(=O)(O)OC[C@@H](O)COP(=O)(O)OC[C@@H](COC(=O)CCCCCCCCC(C)C)OC(=O)CCCCCCCCCCCCC. The van der Waals surface area contributed by atoms with Crippen molar-refractivity contribution in [2.45, 2.75) is 381 Å². The van der Waals surface area contributed by atoms with Crippen molar-refractivity contribution in [3.63, 3.8) is 0 Å². The Morgan fingerprint density at radius 3 is 0.756 bits per heavy atom. The van der Waals surface area contributed by atoms with Gasteiger partial charge in [0.25, 0.3) is 0 Å². The van der Waals surface area contributed by atoms with Crippen molar-refractivity contribution in [1.29, 1.82) is 0 Å². The van der Waals surface area contributed by atoms with Crippen molar-refractivity contribution in [1.82, 2.24) is 0 Å². The molecule has 0 aromatic carbocycles. The van der Waals surface area contributed by atoms with E-state index in [9.17, 15) is 43.2 Å². The number of unbranched alkanes of at least 4 members (excludes halogenated alkanes) is 40. The average Bonchev–Trinajstić information content (AvgIpc) is 3.35. The summed E-state index contributed by atoms with van der Waals surface area (Å²) in [4.78, 5) is 72.5. The van der Waals surface area contributed by atoms with E-state index in [2.05, 4.69) is 41.5 Å². The number of phosphoric acid groups is 2. The minimum absolute atomic E-state index is 0.106. The van der Waals surface area contributed by atoms with E-state index in [0.29, 0.717) is 31.6 Å². The molecule has 0 fully saturated rings. The lowest BCUT2D eigenvalue weighted by Gasteiger charge is -2.21. The summed E-state index contributed by atoms with van der Waals surface area (Å²) in [6.07, 6.45) is 48.7.